The van der Waals surface area contributed by atoms with Gasteiger partial charge in [0.05, 0.1) is 5.52 Å². The van der Waals surface area contributed by atoms with Crippen molar-refractivity contribution in [3.63, 3.8) is 0 Å². The molecule has 0 saturated carbocycles. The molecule has 100 valence electrons. The van der Waals surface area contributed by atoms with Crippen LogP contribution in [0, 0.1) is 12.7 Å². The third-order valence-electron chi connectivity index (χ3n) is 3.39. The molecule has 3 rings (SSSR count). The summed E-state index contributed by atoms with van der Waals surface area (Å²) < 4.78 is 13.8. The van der Waals surface area contributed by atoms with E-state index in [1.165, 1.54) is 6.07 Å². The molecule has 0 fully saturated rings. The first-order valence-electron chi connectivity index (χ1n) is 6.44. The van der Waals surface area contributed by atoms with Crippen LogP contribution < -0.4 is 0 Å². The van der Waals surface area contributed by atoms with Gasteiger partial charge in [-0.2, -0.15) is 0 Å². The second kappa shape index (κ2) is 5.02. The Morgan fingerprint density at radius 2 is 1.95 bits per heavy atom. The highest BCUT2D eigenvalue weighted by molar-refractivity contribution is 5.79. The van der Waals surface area contributed by atoms with Crippen LogP contribution >= 0.6 is 0 Å². The van der Waals surface area contributed by atoms with E-state index in [2.05, 4.69) is 4.98 Å². The number of fused-ring (bicyclic) bond motifs is 1. The Balaban J connectivity index is 2.07. The van der Waals surface area contributed by atoms with Crippen molar-refractivity contribution in [2.45, 2.75) is 13.0 Å². The van der Waals surface area contributed by atoms with Gasteiger partial charge in [-0.05, 0) is 30.7 Å². The van der Waals surface area contributed by atoms with E-state index in [9.17, 15) is 9.50 Å². The van der Waals surface area contributed by atoms with Crippen LogP contribution in [0.25, 0.3) is 10.9 Å². The molecule has 1 atom stereocenters. The summed E-state index contributed by atoms with van der Waals surface area (Å²) >= 11 is 0. The molecule has 2 aromatic carbocycles. The summed E-state index contributed by atoms with van der Waals surface area (Å²) in [5.74, 6) is -0.399. The molecule has 0 radical (unpaired) electrons. The number of hydrogen-bond donors (Lipinski definition) is 1. The maximum absolute atomic E-state index is 13.8. The lowest BCUT2D eigenvalue weighted by molar-refractivity contribution is 0.215. The molecule has 20 heavy (non-hydrogen) atoms. The van der Waals surface area contributed by atoms with Crippen LogP contribution in [-0.4, -0.2) is 10.1 Å². The maximum atomic E-state index is 13.8. The van der Waals surface area contributed by atoms with Crippen molar-refractivity contribution in [1.29, 1.82) is 0 Å². The predicted molar refractivity (Wildman–Crippen MR) is 76.9 cm³/mol. The molecular weight excluding hydrogens is 253 g/mol. The van der Waals surface area contributed by atoms with E-state index in [4.69, 9.17) is 0 Å². The van der Waals surface area contributed by atoms with Gasteiger partial charge >= 0.3 is 0 Å². The van der Waals surface area contributed by atoms with Crippen LogP contribution in [0.4, 0.5) is 4.39 Å². The van der Waals surface area contributed by atoms with Crippen molar-refractivity contribution in [3.8, 4) is 0 Å². The van der Waals surface area contributed by atoms with Crippen LogP contribution in [0.15, 0.2) is 54.7 Å². The van der Waals surface area contributed by atoms with E-state index in [0.717, 1.165) is 16.5 Å². The number of nitrogens with zero attached hydrogens (tertiary/aromatic N) is 1. The molecule has 1 N–H and O–H groups in total. The van der Waals surface area contributed by atoms with E-state index in [1.54, 1.807) is 30.5 Å². The van der Waals surface area contributed by atoms with Crippen molar-refractivity contribution in [3.05, 3.63) is 77.2 Å². The molecule has 3 aromatic rings. The smallest absolute Gasteiger partial charge is 0.129 e. The summed E-state index contributed by atoms with van der Waals surface area (Å²) in [5, 5.41) is 11.4. The molecule has 0 saturated heterocycles. The molecule has 0 aliphatic heterocycles. The molecule has 0 spiro atoms. The van der Waals surface area contributed by atoms with Gasteiger partial charge in [0.1, 0.15) is 11.9 Å². The average Bonchev–Trinajstić information content (AvgIpc) is 2.48. The monoisotopic (exact) mass is 267 g/mol. The number of aliphatic hydroxyl groups excluding tert-OH is 1. The van der Waals surface area contributed by atoms with Crippen LogP contribution in [0.2, 0.25) is 0 Å². The number of aryl methyl sites for hydroxylation is 1. The van der Waals surface area contributed by atoms with Gasteiger partial charge in [-0.3, -0.25) is 4.98 Å². The minimum atomic E-state index is -0.985. The first kappa shape index (κ1) is 12.8. The summed E-state index contributed by atoms with van der Waals surface area (Å²) in [5.41, 5.74) is 2.64. The van der Waals surface area contributed by atoms with Crippen LogP contribution in [0.5, 0.6) is 0 Å². The first-order chi connectivity index (χ1) is 9.65. The first-order valence-corrected chi connectivity index (χ1v) is 6.44. The molecule has 0 aliphatic rings. The van der Waals surface area contributed by atoms with Crippen molar-refractivity contribution in [1.82, 2.24) is 4.98 Å². The van der Waals surface area contributed by atoms with Crippen LogP contribution in [0.1, 0.15) is 22.8 Å². The fraction of sp³-hybridized carbons (Fsp3) is 0.118. The fourth-order valence-corrected chi connectivity index (χ4v) is 2.31. The topological polar surface area (TPSA) is 33.1 Å². The molecule has 2 nitrogen and oxygen atoms in total. The van der Waals surface area contributed by atoms with Crippen LogP contribution in [0.3, 0.4) is 0 Å². The zero-order valence-corrected chi connectivity index (χ0v) is 11.0. The number of aromatic nitrogens is 1. The number of halogens is 1. The molecule has 0 aliphatic carbocycles. The molecular formula is C17H14FNO. The van der Waals surface area contributed by atoms with Crippen molar-refractivity contribution in [2.24, 2.45) is 0 Å². The second-order valence-corrected chi connectivity index (χ2v) is 4.88. The molecule has 1 heterocycles. The third kappa shape index (κ3) is 2.28. The highest BCUT2D eigenvalue weighted by atomic mass is 19.1. The van der Waals surface area contributed by atoms with Crippen molar-refractivity contribution in [2.75, 3.05) is 0 Å². The maximum Gasteiger partial charge on any atom is 0.129 e. The molecule has 3 heteroatoms. The summed E-state index contributed by atoms with van der Waals surface area (Å²) in [6.07, 6.45) is 0.715. The highest BCUT2D eigenvalue weighted by Gasteiger charge is 2.15. The van der Waals surface area contributed by atoms with Gasteiger partial charge in [-0.1, -0.05) is 35.9 Å². The van der Waals surface area contributed by atoms with Gasteiger partial charge in [0, 0.05) is 17.1 Å². The van der Waals surface area contributed by atoms with Crippen molar-refractivity contribution >= 4 is 10.9 Å². The Morgan fingerprint density at radius 1 is 1.10 bits per heavy atom. The number of pyridine rings is 1. The number of rotatable bonds is 2. The van der Waals surface area contributed by atoms with Crippen LogP contribution in [-0.2, 0) is 0 Å². The van der Waals surface area contributed by atoms with Gasteiger partial charge < -0.3 is 5.11 Å². The molecule has 1 aromatic heterocycles. The fourth-order valence-electron chi connectivity index (χ4n) is 2.31. The number of hydrogen-bond acceptors (Lipinski definition) is 2. The molecule has 0 bridgehead atoms. The number of aliphatic hydroxyl groups is 1. The largest absolute Gasteiger partial charge is 0.384 e. The van der Waals surface area contributed by atoms with E-state index >= 15 is 0 Å². The minimum Gasteiger partial charge on any atom is -0.384 e. The second-order valence-electron chi connectivity index (χ2n) is 4.88. The summed E-state index contributed by atoms with van der Waals surface area (Å²) in [6, 6.07) is 14.0. The quantitative estimate of drug-likeness (QED) is 0.766. The summed E-state index contributed by atoms with van der Waals surface area (Å²) in [6.45, 7) is 1.87. The Morgan fingerprint density at radius 3 is 2.80 bits per heavy atom. The van der Waals surface area contributed by atoms with E-state index in [0.29, 0.717) is 11.1 Å². The van der Waals surface area contributed by atoms with E-state index in [1.807, 2.05) is 25.1 Å². The van der Waals surface area contributed by atoms with Gasteiger partial charge in [0.25, 0.3) is 0 Å². The van der Waals surface area contributed by atoms with Gasteiger partial charge in [0.15, 0.2) is 0 Å². The highest BCUT2D eigenvalue weighted by Crippen LogP contribution is 2.27. The lowest BCUT2D eigenvalue weighted by Crippen LogP contribution is -2.03. The Hall–Kier alpha value is -2.26. The lowest BCUT2D eigenvalue weighted by atomic mass is 9.98. The molecule has 0 amide bonds. The minimum absolute atomic E-state index is 0.292. The zero-order chi connectivity index (χ0) is 14.1. The summed E-state index contributed by atoms with van der Waals surface area (Å²) in [4.78, 5) is 4.25. The third-order valence-corrected chi connectivity index (χ3v) is 3.39. The van der Waals surface area contributed by atoms with Gasteiger partial charge in [-0.15, -0.1) is 0 Å². The Kier molecular flexibility index (Phi) is 3.20. The predicted octanol–water partition coefficient (Wildman–Crippen LogP) is 3.76. The normalized spacial score (nSPS) is 12.6. The summed E-state index contributed by atoms with van der Waals surface area (Å²) in [7, 11) is 0. The standard InChI is InChI=1S/C17H14FNO/c1-11-4-7-15(18)14(9-11)17(20)13-6-5-12-3-2-8-19-16(12)10-13/h2-10,17,20H,1H3. The molecule has 1 unspecified atom stereocenters. The number of benzene rings is 2. The van der Waals surface area contributed by atoms with Crippen molar-refractivity contribution < 1.29 is 9.50 Å². The van der Waals surface area contributed by atoms with Gasteiger partial charge in [-0.25, -0.2) is 4.39 Å². The Labute approximate surface area is 116 Å². The average molecular weight is 267 g/mol. The van der Waals surface area contributed by atoms with E-state index < -0.39 is 11.9 Å². The van der Waals surface area contributed by atoms with E-state index in [-0.39, 0.29) is 0 Å². The van der Waals surface area contributed by atoms with Gasteiger partial charge in [0.2, 0.25) is 0 Å². The lowest BCUT2D eigenvalue weighted by Gasteiger charge is -2.13. The zero-order valence-electron chi connectivity index (χ0n) is 11.0. The SMILES string of the molecule is Cc1ccc(F)c(C(O)c2ccc3cccnc3c2)c1. The Bertz CT molecular complexity index is 770.